The van der Waals surface area contributed by atoms with E-state index in [-0.39, 0.29) is 24.6 Å². The summed E-state index contributed by atoms with van der Waals surface area (Å²) < 4.78 is 10.2. The smallest absolute Gasteiger partial charge is 0.311 e. The number of benzene rings is 1. The van der Waals surface area contributed by atoms with Crippen LogP contribution < -0.4 is 4.74 Å². The number of rotatable bonds is 9. The molecule has 0 saturated heterocycles. The molecular formula is C17H22Cl2O4. The number of hydrogen-bond acceptors (Lipinski definition) is 4. The molecule has 0 saturated carbocycles. The Morgan fingerprint density at radius 1 is 1.09 bits per heavy atom. The van der Waals surface area contributed by atoms with Crippen molar-refractivity contribution in [1.29, 1.82) is 0 Å². The van der Waals surface area contributed by atoms with E-state index in [1.54, 1.807) is 12.1 Å². The minimum atomic E-state index is -0.457. The average Bonchev–Trinajstić information content (AvgIpc) is 2.47. The van der Waals surface area contributed by atoms with Gasteiger partial charge in [0.2, 0.25) is 0 Å². The van der Waals surface area contributed by atoms with Crippen molar-refractivity contribution in [3.8, 4) is 5.75 Å². The van der Waals surface area contributed by atoms with Gasteiger partial charge in [-0.05, 0) is 37.3 Å². The van der Waals surface area contributed by atoms with Gasteiger partial charge in [0.1, 0.15) is 0 Å². The second-order valence-corrected chi connectivity index (χ2v) is 6.50. The predicted octanol–water partition coefficient (Wildman–Crippen LogP) is 5.05. The SMILES string of the molecule is CC(C)CCCOC(=O)CCCC(=O)Oc1cc(Cl)ccc1Cl. The van der Waals surface area contributed by atoms with E-state index < -0.39 is 5.97 Å². The van der Waals surface area contributed by atoms with Crippen molar-refractivity contribution < 1.29 is 19.1 Å². The summed E-state index contributed by atoms with van der Waals surface area (Å²) in [6.45, 7) is 4.68. The maximum Gasteiger partial charge on any atom is 0.311 e. The molecule has 1 aromatic carbocycles. The third kappa shape index (κ3) is 8.82. The molecule has 0 aliphatic rings. The number of carbonyl (C=O) groups is 2. The van der Waals surface area contributed by atoms with Crippen molar-refractivity contribution in [2.45, 2.75) is 46.0 Å². The molecule has 0 bridgehead atoms. The Morgan fingerprint density at radius 3 is 2.48 bits per heavy atom. The zero-order chi connectivity index (χ0) is 17.2. The van der Waals surface area contributed by atoms with Crippen LogP contribution >= 0.6 is 23.2 Å². The molecule has 0 spiro atoms. The van der Waals surface area contributed by atoms with Crippen molar-refractivity contribution in [2.75, 3.05) is 6.61 Å². The highest BCUT2D eigenvalue weighted by Gasteiger charge is 2.11. The van der Waals surface area contributed by atoms with Gasteiger partial charge in [-0.15, -0.1) is 0 Å². The minimum absolute atomic E-state index is 0.115. The molecule has 23 heavy (non-hydrogen) atoms. The van der Waals surface area contributed by atoms with E-state index in [1.165, 1.54) is 6.07 Å². The van der Waals surface area contributed by atoms with Crippen LogP contribution in [-0.4, -0.2) is 18.5 Å². The number of carbonyl (C=O) groups excluding carboxylic acids is 2. The summed E-state index contributed by atoms with van der Waals surface area (Å²) in [6, 6.07) is 4.64. The molecule has 0 radical (unpaired) electrons. The first kappa shape index (κ1) is 19.8. The minimum Gasteiger partial charge on any atom is -0.466 e. The van der Waals surface area contributed by atoms with Crippen LogP contribution in [0.3, 0.4) is 0 Å². The monoisotopic (exact) mass is 360 g/mol. The Hall–Kier alpha value is -1.26. The molecule has 4 nitrogen and oxygen atoms in total. The van der Waals surface area contributed by atoms with Crippen molar-refractivity contribution in [2.24, 2.45) is 5.92 Å². The molecule has 0 atom stereocenters. The number of esters is 2. The quantitative estimate of drug-likeness (QED) is 0.351. The van der Waals surface area contributed by atoms with Gasteiger partial charge in [-0.3, -0.25) is 9.59 Å². The van der Waals surface area contributed by atoms with Gasteiger partial charge in [-0.2, -0.15) is 0 Å². The largest absolute Gasteiger partial charge is 0.466 e. The van der Waals surface area contributed by atoms with Crippen LogP contribution in [0.25, 0.3) is 0 Å². The van der Waals surface area contributed by atoms with E-state index >= 15 is 0 Å². The molecule has 1 rings (SSSR count). The lowest BCUT2D eigenvalue weighted by molar-refractivity contribution is -0.144. The van der Waals surface area contributed by atoms with Crippen LogP contribution in [-0.2, 0) is 14.3 Å². The molecule has 0 aliphatic heterocycles. The topological polar surface area (TPSA) is 52.6 Å². The molecule has 1 aromatic rings. The highest BCUT2D eigenvalue weighted by molar-refractivity contribution is 6.34. The first-order chi connectivity index (χ1) is 10.9. The molecule has 0 N–H and O–H groups in total. The summed E-state index contributed by atoms with van der Waals surface area (Å²) in [5, 5.41) is 0.745. The maximum atomic E-state index is 11.7. The van der Waals surface area contributed by atoms with Crippen LogP contribution in [0.2, 0.25) is 10.0 Å². The van der Waals surface area contributed by atoms with E-state index in [9.17, 15) is 9.59 Å². The van der Waals surface area contributed by atoms with E-state index in [1.807, 2.05) is 0 Å². The van der Waals surface area contributed by atoms with E-state index in [4.69, 9.17) is 32.7 Å². The van der Waals surface area contributed by atoms with Crippen molar-refractivity contribution >= 4 is 35.1 Å². The van der Waals surface area contributed by atoms with Crippen LogP contribution in [0, 0.1) is 5.92 Å². The Balaban J connectivity index is 2.21. The summed E-state index contributed by atoms with van der Waals surface area (Å²) in [7, 11) is 0. The second-order valence-electron chi connectivity index (χ2n) is 5.66. The summed E-state index contributed by atoms with van der Waals surface area (Å²) >= 11 is 11.7. The Bertz CT molecular complexity index is 529. The first-order valence-corrected chi connectivity index (χ1v) is 8.45. The first-order valence-electron chi connectivity index (χ1n) is 7.70. The summed E-state index contributed by atoms with van der Waals surface area (Å²) in [6.07, 6.45) is 2.57. The molecule has 0 aliphatic carbocycles. The fraction of sp³-hybridized carbons (Fsp3) is 0.529. The maximum absolute atomic E-state index is 11.7. The molecule has 6 heteroatoms. The lowest BCUT2D eigenvalue weighted by Crippen LogP contribution is -2.11. The zero-order valence-electron chi connectivity index (χ0n) is 13.4. The lowest BCUT2D eigenvalue weighted by atomic mass is 10.1. The normalized spacial score (nSPS) is 10.7. The third-order valence-electron chi connectivity index (χ3n) is 3.07. The molecule has 0 heterocycles. The highest BCUT2D eigenvalue weighted by atomic mass is 35.5. The number of ether oxygens (including phenoxy) is 2. The number of hydrogen-bond donors (Lipinski definition) is 0. The van der Waals surface area contributed by atoms with Crippen LogP contribution in [0.1, 0.15) is 46.0 Å². The van der Waals surface area contributed by atoms with E-state index in [0.29, 0.717) is 29.0 Å². The highest BCUT2D eigenvalue weighted by Crippen LogP contribution is 2.28. The average molecular weight is 361 g/mol. The van der Waals surface area contributed by atoms with Gasteiger partial charge >= 0.3 is 11.9 Å². The van der Waals surface area contributed by atoms with Gasteiger partial charge in [0, 0.05) is 23.9 Å². The van der Waals surface area contributed by atoms with Gasteiger partial charge in [0.15, 0.2) is 5.75 Å². The molecular weight excluding hydrogens is 339 g/mol. The zero-order valence-corrected chi connectivity index (χ0v) is 15.0. The fourth-order valence-electron chi connectivity index (χ4n) is 1.86. The van der Waals surface area contributed by atoms with Gasteiger partial charge in [-0.25, -0.2) is 0 Å². The van der Waals surface area contributed by atoms with Crippen molar-refractivity contribution in [3.05, 3.63) is 28.2 Å². The van der Waals surface area contributed by atoms with Crippen LogP contribution in [0.4, 0.5) is 0 Å². The third-order valence-corrected chi connectivity index (χ3v) is 3.62. The molecule has 0 fully saturated rings. The van der Waals surface area contributed by atoms with Crippen molar-refractivity contribution in [3.63, 3.8) is 0 Å². The fourth-order valence-corrected chi connectivity index (χ4v) is 2.17. The Kier molecular flexibility index (Phi) is 9.03. The van der Waals surface area contributed by atoms with Crippen LogP contribution in [0.15, 0.2) is 18.2 Å². The molecule has 0 aromatic heterocycles. The van der Waals surface area contributed by atoms with Gasteiger partial charge in [0.25, 0.3) is 0 Å². The molecule has 0 unspecified atom stereocenters. The lowest BCUT2D eigenvalue weighted by Gasteiger charge is -2.07. The van der Waals surface area contributed by atoms with Gasteiger partial charge < -0.3 is 9.47 Å². The second kappa shape index (κ2) is 10.5. The van der Waals surface area contributed by atoms with Gasteiger partial charge in [-0.1, -0.05) is 37.0 Å². The van der Waals surface area contributed by atoms with E-state index in [2.05, 4.69) is 13.8 Å². The van der Waals surface area contributed by atoms with Crippen LogP contribution in [0.5, 0.6) is 5.75 Å². The number of halogens is 2. The molecule has 0 amide bonds. The summed E-state index contributed by atoms with van der Waals surface area (Å²) in [5.74, 6) is 0.0753. The standard InChI is InChI=1S/C17H22Cl2O4/c1-12(2)5-4-10-22-16(20)6-3-7-17(21)23-15-11-13(18)8-9-14(15)19/h8-9,11-12H,3-7,10H2,1-2H3. The Morgan fingerprint density at radius 2 is 1.78 bits per heavy atom. The van der Waals surface area contributed by atoms with E-state index in [0.717, 1.165) is 12.8 Å². The molecule has 128 valence electrons. The summed E-state index contributed by atoms with van der Waals surface area (Å²) in [5.41, 5.74) is 0. The Labute approximate surface area is 147 Å². The van der Waals surface area contributed by atoms with Crippen molar-refractivity contribution in [1.82, 2.24) is 0 Å². The predicted molar refractivity (Wildman–Crippen MR) is 91.0 cm³/mol. The summed E-state index contributed by atoms with van der Waals surface area (Å²) in [4.78, 5) is 23.2. The van der Waals surface area contributed by atoms with Gasteiger partial charge in [0.05, 0.1) is 11.6 Å².